The first-order chi connectivity index (χ1) is 9.27. The molecule has 0 aromatic heterocycles. The van der Waals surface area contributed by atoms with E-state index in [1.54, 1.807) is 0 Å². The first-order valence-corrected chi connectivity index (χ1v) is 7.60. The van der Waals surface area contributed by atoms with Crippen LogP contribution in [0.25, 0.3) is 0 Å². The molecule has 1 aliphatic rings. The molecule has 1 fully saturated rings. The lowest BCUT2D eigenvalue weighted by molar-refractivity contribution is 0.0661. The number of nitrogens with one attached hydrogen (secondary N) is 1. The first-order valence-electron chi connectivity index (χ1n) is 7.60. The Morgan fingerprint density at radius 2 is 1.84 bits per heavy atom. The molecule has 1 aliphatic heterocycles. The Kier molecular flexibility index (Phi) is 5.87. The van der Waals surface area contributed by atoms with E-state index in [9.17, 15) is 0 Å². The van der Waals surface area contributed by atoms with Crippen molar-refractivity contribution in [3.8, 4) is 0 Å². The normalized spacial score (nSPS) is 18.7. The molecule has 0 saturated carbocycles. The third kappa shape index (κ3) is 4.63. The van der Waals surface area contributed by atoms with E-state index in [4.69, 9.17) is 4.74 Å². The average molecular weight is 261 g/mol. The van der Waals surface area contributed by atoms with Gasteiger partial charge in [0, 0.05) is 19.8 Å². The fourth-order valence-corrected chi connectivity index (χ4v) is 2.83. The summed E-state index contributed by atoms with van der Waals surface area (Å²) in [4.78, 5) is 0. The first kappa shape index (κ1) is 14.5. The fourth-order valence-electron chi connectivity index (χ4n) is 2.83. The van der Waals surface area contributed by atoms with E-state index in [1.165, 1.54) is 18.4 Å². The molecule has 1 unspecified atom stereocenters. The third-order valence-corrected chi connectivity index (χ3v) is 4.17. The van der Waals surface area contributed by atoms with Crippen LogP contribution in [-0.4, -0.2) is 26.3 Å². The van der Waals surface area contributed by atoms with Crippen LogP contribution in [0.1, 0.15) is 38.2 Å². The number of hydrogen-bond acceptors (Lipinski definition) is 2. The molecule has 0 radical (unpaired) electrons. The van der Waals surface area contributed by atoms with Gasteiger partial charge in [0.15, 0.2) is 0 Å². The Morgan fingerprint density at radius 3 is 2.47 bits per heavy atom. The summed E-state index contributed by atoms with van der Waals surface area (Å²) in [6.07, 6.45) is 2.43. The van der Waals surface area contributed by atoms with Crippen molar-refractivity contribution in [2.24, 2.45) is 11.8 Å². The minimum Gasteiger partial charge on any atom is -0.381 e. The number of benzene rings is 1. The predicted octanol–water partition coefficient (Wildman–Crippen LogP) is 3.44. The van der Waals surface area contributed by atoms with Gasteiger partial charge in [-0.2, -0.15) is 0 Å². The maximum absolute atomic E-state index is 5.41. The number of rotatable bonds is 6. The van der Waals surface area contributed by atoms with Crippen LogP contribution in [0, 0.1) is 11.8 Å². The summed E-state index contributed by atoms with van der Waals surface area (Å²) in [5.41, 5.74) is 1.46. The lowest BCUT2D eigenvalue weighted by Crippen LogP contribution is -2.31. The average Bonchev–Trinajstić information content (AvgIpc) is 2.45. The van der Waals surface area contributed by atoms with Crippen LogP contribution in [-0.2, 0) is 4.74 Å². The fraction of sp³-hybridized carbons (Fsp3) is 0.647. The zero-order chi connectivity index (χ0) is 13.5. The van der Waals surface area contributed by atoms with E-state index in [1.807, 2.05) is 0 Å². The molecule has 1 aromatic carbocycles. The topological polar surface area (TPSA) is 21.3 Å². The zero-order valence-electron chi connectivity index (χ0n) is 12.3. The van der Waals surface area contributed by atoms with E-state index in [-0.39, 0.29) is 0 Å². The highest BCUT2D eigenvalue weighted by Gasteiger charge is 2.17. The maximum Gasteiger partial charge on any atom is 0.0469 e. The molecule has 2 heteroatoms. The Labute approximate surface area is 117 Å². The molecule has 0 bridgehead atoms. The molecule has 1 heterocycles. The van der Waals surface area contributed by atoms with Crippen LogP contribution < -0.4 is 5.32 Å². The van der Waals surface area contributed by atoms with Crippen molar-refractivity contribution in [1.29, 1.82) is 0 Å². The predicted molar refractivity (Wildman–Crippen MR) is 80.4 cm³/mol. The van der Waals surface area contributed by atoms with Crippen LogP contribution in [0.4, 0.5) is 0 Å². The molecule has 0 aliphatic carbocycles. The molecular weight excluding hydrogens is 234 g/mol. The lowest BCUT2D eigenvalue weighted by Gasteiger charge is -2.26. The van der Waals surface area contributed by atoms with E-state index in [0.29, 0.717) is 11.8 Å². The van der Waals surface area contributed by atoms with Gasteiger partial charge in [0.25, 0.3) is 0 Å². The molecule has 19 heavy (non-hydrogen) atoms. The highest BCUT2D eigenvalue weighted by atomic mass is 16.5. The minimum absolute atomic E-state index is 0.612. The van der Waals surface area contributed by atoms with Crippen LogP contribution in [0.5, 0.6) is 0 Å². The summed E-state index contributed by atoms with van der Waals surface area (Å²) >= 11 is 0. The summed E-state index contributed by atoms with van der Waals surface area (Å²) in [6.45, 7) is 8.73. The van der Waals surface area contributed by atoms with Crippen molar-refractivity contribution in [1.82, 2.24) is 5.32 Å². The summed E-state index contributed by atoms with van der Waals surface area (Å²) < 4.78 is 5.41. The van der Waals surface area contributed by atoms with Crippen molar-refractivity contribution in [2.45, 2.75) is 32.6 Å². The van der Waals surface area contributed by atoms with E-state index in [2.05, 4.69) is 49.5 Å². The number of ether oxygens (including phenoxy) is 1. The molecule has 0 amide bonds. The monoisotopic (exact) mass is 261 g/mol. The van der Waals surface area contributed by atoms with Gasteiger partial charge in [-0.15, -0.1) is 0 Å². The van der Waals surface area contributed by atoms with Crippen molar-refractivity contribution >= 4 is 0 Å². The molecule has 1 aromatic rings. The van der Waals surface area contributed by atoms with Crippen LogP contribution >= 0.6 is 0 Å². The molecule has 1 N–H and O–H groups in total. The van der Waals surface area contributed by atoms with E-state index < -0.39 is 0 Å². The maximum atomic E-state index is 5.41. The van der Waals surface area contributed by atoms with Gasteiger partial charge < -0.3 is 10.1 Å². The van der Waals surface area contributed by atoms with Crippen LogP contribution in [0.3, 0.4) is 0 Å². The van der Waals surface area contributed by atoms with Gasteiger partial charge in [0.1, 0.15) is 0 Å². The second-order valence-electron chi connectivity index (χ2n) is 5.98. The van der Waals surface area contributed by atoms with Gasteiger partial charge in [0.05, 0.1) is 0 Å². The number of hydrogen-bond donors (Lipinski definition) is 1. The highest BCUT2D eigenvalue weighted by Crippen LogP contribution is 2.23. The van der Waals surface area contributed by atoms with Gasteiger partial charge in [-0.1, -0.05) is 44.2 Å². The lowest BCUT2D eigenvalue weighted by atomic mass is 9.88. The largest absolute Gasteiger partial charge is 0.381 e. The Hall–Kier alpha value is -0.860. The van der Waals surface area contributed by atoms with E-state index >= 15 is 0 Å². The quantitative estimate of drug-likeness (QED) is 0.847. The highest BCUT2D eigenvalue weighted by molar-refractivity contribution is 5.20. The summed E-state index contributed by atoms with van der Waals surface area (Å²) in [6, 6.07) is 10.9. The van der Waals surface area contributed by atoms with Gasteiger partial charge in [-0.3, -0.25) is 0 Å². The van der Waals surface area contributed by atoms with Gasteiger partial charge in [0.2, 0.25) is 0 Å². The van der Waals surface area contributed by atoms with Crippen LogP contribution in [0.2, 0.25) is 0 Å². The molecule has 1 atom stereocenters. The summed E-state index contributed by atoms with van der Waals surface area (Å²) in [5, 5.41) is 3.68. The molecular formula is C17H27NO. The summed E-state index contributed by atoms with van der Waals surface area (Å²) in [5.74, 6) is 2.09. The van der Waals surface area contributed by atoms with Gasteiger partial charge in [-0.25, -0.2) is 0 Å². The second kappa shape index (κ2) is 7.66. The molecule has 2 rings (SSSR count). The molecule has 106 valence electrons. The van der Waals surface area contributed by atoms with Crippen molar-refractivity contribution < 1.29 is 4.74 Å². The minimum atomic E-state index is 0.612. The molecule has 0 spiro atoms. The van der Waals surface area contributed by atoms with Gasteiger partial charge >= 0.3 is 0 Å². The van der Waals surface area contributed by atoms with E-state index in [0.717, 1.165) is 32.2 Å². The third-order valence-electron chi connectivity index (χ3n) is 4.17. The molecule has 1 saturated heterocycles. The summed E-state index contributed by atoms with van der Waals surface area (Å²) in [7, 11) is 0. The SMILES string of the molecule is CC(C)C(CNCC1CCOCC1)c1ccccc1. The smallest absolute Gasteiger partial charge is 0.0469 e. The second-order valence-corrected chi connectivity index (χ2v) is 5.98. The zero-order valence-corrected chi connectivity index (χ0v) is 12.3. The Morgan fingerprint density at radius 1 is 1.16 bits per heavy atom. The molecule has 2 nitrogen and oxygen atoms in total. The van der Waals surface area contributed by atoms with Crippen molar-refractivity contribution in [2.75, 3.05) is 26.3 Å². The Balaban J connectivity index is 1.80. The Bertz CT molecular complexity index is 344. The van der Waals surface area contributed by atoms with Crippen molar-refractivity contribution in [3.63, 3.8) is 0 Å². The van der Waals surface area contributed by atoms with Crippen molar-refractivity contribution in [3.05, 3.63) is 35.9 Å². The van der Waals surface area contributed by atoms with Crippen LogP contribution in [0.15, 0.2) is 30.3 Å². The van der Waals surface area contributed by atoms with Gasteiger partial charge in [-0.05, 0) is 42.7 Å². The standard InChI is InChI=1S/C17H27NO/c1-14(2)17(16-6-4-3-5-7-16)13-18-12-15-8-10-19-11-9-15/h3-7,14-15,17-18H,8-13H2,1-2H3.